The summed E-state index contributed by atoms with van der Waals surface area (Å²) in [6.45, 7) is 11.2. The topological polar surface area (TPSA) is 56.2 Å². The van der Waals surface area contributed by atoms with Gasteiger partial charge in [-0.05, 0) is 69.5 Å². The van der Waals surface area contributed by atoms with Gasteiger partial charge in [0.2, 0.25) is 0 Å². The van der Waals surface area contributed by atoms with Crippen molar-refractivity contribution in [1.29, 1.82) is 0 Å². The molecule has 0 aliphatic heterocycles. The monoisotopic (exact) mass is 441 g/mol. The van der Waals surface area contributed by atoms with Crippen LogP contribution in [0, 0.1) is 27.7 Å². The second-order valence-corrected chi connectivity index (χ2v) is 8.69. The Hall–Kier alpha value is -3.60. The van der Waals surface area contributed by atoms with Gasteiger partial charge in [0.15, 0.2) is 0 Å². The molecule has 0 aliphatic carbocycles. The zero-order valence-corrected chi connectivity index (χ0v) is 20.0. The van der Waals surface area contributed by atoms with Crippen LogP contribution in [0.15, 0.2) is 60.7 Å². The van der Waals surface area contributed by atoms with Crippen LogP contribution in [-0.2, 0) is 6.54 Å². The highest BCUT2D eigenvalue weighted by Gasteiger charge is 2.20. The van der Waals surface area contributed by atoms with Gasteiger partial charge in [-0.3, -0.25) is 4.79 Å². The van der Waals surface area contributed by atoms with Gasteiger partial charge >= 0.3 is 0 Å². The minimum absolute atomic E-state index is 0.0922. The van der Waals surface area contributed by atoms with E-state index in [2.05, 4.69) is 41.9 Å². The van der Waals surface area contributed by atoms with Gasteiger partial charge in [-0.1, -0.05) is 48.0 Å². The lowest BCUT2D eigenvalue weighted by Gasteiger charge is -2.18. The Kier molecular flexibility index (Phi) is 6.50. The second-order valence-electron chi connectivity index (χ2n) is 8.69. The predicted octanol–water partition coefficient (Wildman–Crippen LogP) is 5.84. The quantitative estimate of drug-likeness (QED) is 0.392. The van der Waals surface area contributed by atoms with Crippen LogP contribution in [0.2, 0.25) is 0 Å². The number of hydrogen-bond donors (Lipinski definition) is 1. The summed E-state index contributed by atoms with van der Waals surface area (Å²) in [5.74, 6) is 1.66. The number of ether oxygens (including phenoxy) is 1. The van der Waals surface area contributed by atoms with Gasteiger partial charge in [0.1, 0.15) is 18.2 Å². The fraction of sp³-hybridized carbons (Fsp3) is 0.286. The Morgan fingerprint density at radius 3 is 2.42 bits per heavy atom. The molecule has 0 fully saturated rings. The minimum Gasteiger partial charge on any atom is -0.491 e. The molecule has 0 saturated heterocycles. The van der Waals surface area contributed by atoms with E-state index in [9.17, 15) is 4.79 Å². The molecule has 33 heavy (non-hydrogen) atoms. The van der Waals surface area contributed by atoms with Gasteiger partial charge in [-0.25, -0.2) is 4.98 Å². The number of nitrogens with zero attached hydrogens (tertiary/aromatic N) is 2. The van der Waals surface area contributed by atoms with E-state index in [0.29, 0.717) is 18.7 Å². The van der Waals surface area contributed by atoms with Gasteiger partial charge in [-0.2, -0.15) is 0 Å². The van der Waals surface area contributed by atoms with Crippen molar-refractivity contribution in [2.45, 2.75) is 47.2 Å². The average Bonchev–Trinajstić information content (AvgIpc) is 3.14. The molecule has 5 heteroatoms. The van der Waals surface area contributed by atoms with E-state index in [1.54, 1.807) is 0 Å². The van der Waals surface area contributed by atoms with Crippen LogP contribution >= 0.6 is 0 Å². The van der Waals surface area contributed by atoms with Crippen molar-refractivity contribution in [2.24, 2.45) is 0 Å². The Labute approximate surface area is 195 Å². The first kappa shape index (κ1) is 22.6. The number of carbonyl (C=O) groups excluding carboxylic acids is 1. The molecule has 0 radical (unpaired) electrons. The lowest BCUT2D eigenvalue weighted by Crippen LogP contribution is -2.29. The number of imidazole rings is 1. The van der Waals surface area contributed by atoms with Crippen molar-refractivity contribution in [1.82, 2.24) is 14.9 Å². The molecule has 4 aromatic rings. The number of fused-ring (bicyclic) bond motifs is 1. The second kappa shape index (κ2) is 9.49. The van der Waals surface area contributed by atoms with Crippen molar-refractivity contribution in [3.8, 4) is 5.75 Å². The van der Waals surface area contributed by atoms with Crippen LogP contribution in [0.5, 0.6) is 5.75 Å². The highest BCUT2D eigenvalue weighted by atomic mass is 16.5. The first-order chi connectivity index (χ1) is 15.8. The summed E-state index contributed by atoms with van der Waals surface area (Å²) in [5.41, 5.74) is 6.99. The van der Waals surface area contributed by atoms with Crippen molar-refractivity contribution in [3.05, 3.63) is 94.3 Å². The maximum atomic E-state index is 13.0. The minimum atomic E-state index is -0.259. The molecular weight excluding hydrogens is 410 g/mol. The molecule has 1 aromatic heterocycles. The molecule has 0 bridgehead atoms. The SMILES string of the molecule is Cc1ccc(C(=O)NC(C)c2nc3ccccc3n2CCOc2c(C)cccc2C)c(C)c1. The first-order valence-corrected chi connectivity index (χ1v) is 11.4. The van der Waals surface area contributed by atoms with E-state index < -0.39 is 0 Å². The summed E-state index contributed by atoms with van der Waals surface area (Å²) in [5, 5.41) is 3.14. The number of hydrogen-bond acceptors (Lipinski definition) is 3. The van der Waals surface area contributed by atoms with Gasteiger partial charge < -0.3 is 14.6 Å². The summed E-state index contributed by atoms with van der Waals surface area (Å²) in [6.07, 6.45) is 0. The number of benzene rings is 3. The van der Waals surface area contributed by atoms with E-state index >= 15 is 0 Å². The molecule has 3 aromatic carbocycles. The van der Waals surface area contributed by atoms with Gasteiger partial charge in [-0.15, -0.1) is 0 Å². The molecule has 1 heterocycles. The average molecular weight is 442 g/mol. The predicted molar refractivity (Wildman–Crippen MR) is 133 cm³/mol. The lowest BCUT2D eigenvalue weighted by molar-refractivity contribution is 0.0937. The number of carbonyl (C=O) groups is 1. The van der Waals surface area contributed by atoms with E-state index in [-0.39, 0.29) is 11.9 Å². The van der Waals surface area contributed by atoms with Crippen molar-refractivity contribution >= 4 is 16.9 Å². The molecule has 1 atom stereocenters. The Bertz CT molecular complexity index is 1290. The summed E-state index contributed by atoms with van der Waals surface area (Å²) in [7, 11) is 0. The summed E-state index contributed by atoms with van der Waals surface area (Å²) < 4.78 is 8.31. The molecule has 170 valence electrons. The molecule has 4 rings (SSSR count). The lowest BCUT2D eigenvalue weighted by atomic mass is 10.0. The number of para-hydroxylation sites is 3. The third-order valence-corrected chi connectivity index (χ3v) is 6.02. The molecule has 1 amide bonds. The van der Waals surface area contributed by atoms with Crippen LogP contribution < -0.4 is 10.1 Å². The molecule has 0 aliphatic rings. The van der Waals surface area contributed by atoms with Crippen LogP contribution in [-0.4, -0.2) is 22.1 Å². The number of aryl methyl sites for hydroxylation is 4. The number of aromatic nitrogens is 2. The van der Waals surface area contributed by atoms with Crippen LogP contribution in [0.1, 0.15) is 51.4 Å². The van der Waals surface area contributed by atoms with E-state index in [4.69, 9.17) is 9.72 Å². The summed E-state index contributed by atoms with van der Waals surface area (Å²) in [4.78, 5) is 17.8. The van der Waals surface area contributed by atoms with E-state index in [1.807, 2.05) is 63.2 Å². The largest absolute Gasteiger partial charge is 0.491 e. The summed E-state index contributed by atoms with van der Waals surface area (Å²) in [6, 6.07) is 19.8. The molecule has 0 saturated carbocycles. The number of amides is 1. The maximum Gasteiger partial charge on any atom is 0.252 e. The number of rotatable bonds is 7. The first-order valence-electron chi connectivity index (χ1n) is 11.4. The standard InChI is InChI=1S/C28H31N3O2/c1-18-13-14-23(21(4)17-18)28(32)29-22(5)27-30-24-11-6-7-12-25(24)31(27)15-16-33-26-19(2)9-8-10-20(26)3/h6-14,17,22H,15-16H2,1-5H3,(H,29,32). The zero-order chi connectivity index (χ0) is 23.5. The molecular formula is C28H31N3O2. The molecule has 0 spiro atoms. The summed E-state index contributed by atoms with van der Waals surface area (Å²) >= 11 is 0. The van der Waals surface area contributed by atoms with Crippen molar-refractivity contribution < 1.29 is 9.53 Å². The van der Waals surface area contributed by atoms with E-state index in [0.717, 1.165) is 44.9 Å². The normalized spacial score (nSPS) is 12.0. The maximum absolute atomic E-state index is 13.0. The third-order valence-electron chi connectivity index (χ3n) is 6.02. The zero-order valence-electron chi connectivity index (χ0n) is 20.0. The van der Waals surface area contributed by atoms with Gasteiger partial charge in [0.25, 0.3) is 5.91 Å². The molecule has 1 unspecified atom stereocenters. The Morgan fingerprint density at radius 1 is 0.970 bits per heavy atom. The highest BCUT2D eigenvalue weighted by Crippen LogP contribution is 2.24. The van der Waals surface area contributed by atoms with Gasteiger partial charge in [0.05, 0.1) is 23.6 Å². The van der Waals surface area contributed by atoms with Crippen molar-refractivity contribution in [3.63, 3.8) is 0 Å². The van der Waals surface area contributed by atoms with Crippen LogP contribution in [0.25, 0.3) is 11.0 Å². The fourth-order valence-corrected chi connectivity index (χ4v) is 4.33. The molecule has 1 N–H and O–H groups in total. The van der Waals surface area contributed by atoms with Crippen LogP contribution in [0.4, 0.5) is 0 Å². The van der Waals surface area contributed by atoms with Gasteiger partial charge in [0, 0.05) is 5.56 Å². The van der Waals surface area contributed by atoms with Crippen LogP contribution in [0.3, 0.4) is 0 Å². The molecule has 5 nitrogen and oxygen atoms in total. The highest BCUT2D eigenvalue weighted by molar-refractivity contribution is 5.96. The fourth-order valence-electron chi connectivity index (χ4n) is 4.33. The van der Waals surface area contributed by atoms with E-state index in [1.165, 1.54) is 0 Å². The smallest absolute Gasteiger partial charge is 0.252 e. The van der Waals surface area contributed by atoms with Crippen molar-refractivity contribution in [2.75, 3.05) is 6.61 Å². The third kappa shape index (κ3) is 4.77. The Morgan fingerprint density at radius 2 is 1.70 bits per heavy atom. The Balaban J connectivity index is 1.57. The number of nitrogens with one attached hydrogen (secondary N) is 1.